The molecule has 0 unspecified atom stereocenters. The lowest BCUT2D eigenvalue weighted by Gasteiger charge is -2.15. The van der Waals surface area contributed by atoms with Gasteiger partial charge in [0.05, 0.1) is 5.56 Å². The Morgan fingerprint density at radius 2 is 2.05 bits per heavy atom. The largest absolute Gasteiger partial charge is 0.290 e. The summed E-state index contributed by atoms with van der Waals surface area (Å²) in [6, 6.07) is 0.920. The van der Waals surface area contributed by atoms with Crippen molar-refractivity contribution in [3.05, 3.63) is 28.2 Å². The lowest BCUT2D eigenvalue weighted by molar-refractivity contribution is 0.149. The van der Waals surface area contributed by atoms with E-state index in [0.29, 0.717) is 16.2 Å². The van der Waals surface area contributed by atoms with Gasteiger partial charge in [-0.3, -0.25) is 9.36 Å². The van der Waals surface area contributed by atoms with Crippen LogP contribution in [0, 0.1) is 0 Å². The Balaban J connectivity index is 2.88. The van der Waals surface area contributed by atoms with E-state index in [4.69, 9.17) is 0 Å². The molecule has 0 bridgehead atoms. The molecule has 19 heavy (non-hydrogen) atoms. The minimum absolute atomic E-state index is 0.252. The summed E-state index contributed by atoms with van der Waals surface area (Å²) in [5, 5.41) is 0.951. The third-order valence-electron chi connectivity index (χ3n) is 2.71. The van der Waals surface area contributed by atoms with Crippen LogP contribution in [-0.2, 0) is 0 Å². The number of thioether (sulfide) groups is 1. The van der Waals surface area contributed by atoms with Gasteiger partial charge in [0.15, 0.2) is 5.16 Å². The maximum Gasteiger partial charge on any atom is 0.269 e. The quantitative estimate of drug-likeness (QED) is 0.642. The van der Waals surface area contributed by atoms with Gasteiger partial charge < -0.3 is 0 Å². The van der Waals surface area contributed by atoms with Gasteiger partial charge in [0, 0.05) is 17.6 Å². The van der Waals surface area contributed by atoms with E-state index in [2.05, 4.69) is 9.97 Å². The molecule has 0 aliphatic rings. The highest BCUT2D eigenvalue weighted by molar-refractivity contribution is 7.98. The molecule has 0 spiro atoms. The fourth-order valence-corrected chi connectivity index (χ4v) is 2.20. The minimum atomic E-state index is -2.80. The van der Waals surface area contributed by atoms with Crippen LogP contribution < -0.4 is 5.56 Å². The molecule has 0 aliphatic heterocycles. The van der Waals surface area contributed by atoms with Gasteiger partial charge in [-0.05, 0) is 26.2 Å². The monoisotopic (exact) mass is 285 g/mol. The van der Waals surface area contributed by atoms with Gasteiger partial charge in [0.1, 0.15) is 5.65 Å². The van der Waals surface area contributed by atoms with Crippen molar-refractivity contribution in [2.45, 2.75) is 31.5 Å². The second-order valence-corrected chi connectivity index (χ2v) is 5.08. The second kappa shape index (κ2) is 5.24. The Labute approximate surface area is 112 Å². The van der Waals surface area contributed by atoms with Gasteiger partial charge in [-0.1, -0.05) is 11.8 Å². The topological polar surface area (TPSA) is 47.8 Å². The lowest BCUT2D eigenvalue weighted by Crippen LogP contribution is -2.26. The van der Waals surface area contributed by atoms with Gasteiger partial charge in [-0.25, -0.2) is 18.7 Å². The molecule has 0 amide bonds. The van der Waals surface area contributed by atoms with Crippen LogP contribution >= 0.6 is 11.8 Å². The van der Waals surface area contributed by atoms with Gasteiger partial charge in [-0.15, -0.1) is 0 Å². The summed E-state index contributed by atoms with van der Waals surface area (Å²) in [6.07, 6.45) is 0.479. The van der Waals surface area contributed by atoms with Gasteiger partial charge in [-0.2, -0.15) is 0 Å². The van der Waals surface area contributed by atoms with Crippen LogP contribution in [0.4, 0.5) is 8.78 Å². The molecule has 2 aromatic heterocycles. The molecule has 102 valence electrons. The molecule has 0 N–H and O–H groups in total. The first kappa shape index (κ1) is 13.9. The summed E-state index contributed by atoms with van der Waals surface area (Å²) in [4.78, 5) is 20.4. The molecule has 0 aromatic carbocycles. The van der Waals surface area contributed by atoms with E-state index in [1.807, 2.05) is 6.26 Å². The van der Waals surface area contributed by atoms with E-state index < -0.39 is 17.5 Å². The Kier molecular flexibility index (Phi) is 3.84. The molecule has 4 nitrogen and oxygen atoms in total. The molecule has 0 saturated carbocycles. The zero-order valence-corrected chi connectivity index (χ0v) is 11.5. The smallest absolute Gasteiger partial charge is 0.269 e. The Hall–Kier alpha value is -1.50. The SMILES string of the molecule is CSc1ncc2cc(C(F)F)c(=O)n(C(C)C)c2n1. The number of nitrogens with zero attached hydrogens (tertiary/aromatic N) is 3. The van der Waals surface area contributed by atoms with Crippen LogP contribution in [0.25, 0.3) is 11.0 Å². The zero-order valence-electron chi connectivity index (χ0n) is 10.7. The van der Waals surface area contributed by atoms with Crippen LogP contribution in [0.1, 0.15) is 31.9 Å². The fraction of sp³-hybridized carbons (Fsp3) is 0.417. The number of aromatic nitrogens is 3. The summed E-state index contributed by atoms with van der Waals surface area (Å²) < 4.78 is 27.1. The van der Waals surface area contributed by atoms with Crippen molar-refractivity contribution in [1.29, 1.82) is 0 Å². The molecule has 7 heteroatoms. The number of hydrogen-bond acceptors (Lipinski definition) is 4. The highest BCUT2D eigenvalue weighted by Gasteiger charge is 2.19. The van der Waals surface area contributed by atoms with Crippen molar-refractivity contribution in [3.8, 4) is 0 Å². The predicted octanol–water partition coefficient (Wildman–Crippen LogP) is 3.03. The number of hydrogen-bond donors (Lipinski definition) is 0. The highest BCUT2D eigenvalue weighted by Crippen LogP contribution is 2.22. The number of pyridine rings is 1. The van der Waals surface area contributed by atoms with Gasteiger partial charge in [0.25, 0.3) is 12.0 Å². The van der Waals surface area contributed by atoms with Gasteiger partial charge in [0.2, 0.25) is 0 Å². The van der Waals surface area contributed by atoms with E-state index >= 15 is 0 Å². The van der Waals surface area contributed by atoms with E-state index in [9.17, 15) is 13.6 Å². The first-order valence-corrected chi connectivity index (χ1v) is 6.92. The van der Waals surface area contributed by atoms with Crippen molar-refractivity contribution in [2.75, 3.05) is 6.26 Å². The van der Waals surface area contributed by atoms with Crippen molar-refractivity contribution < 1.29 is 8.78 Å². The van der Waals surface area contributed by atoms with Crippen molar-refractivity contribution in [2.24, 2.45) is 0 Å². The summed E-state index contributed by atoms with van der Waals surface area (Å²) in [6.45, 7) is 3.52. The van der Waals surface area contributed by atoms with Crippen LogP contribution in [0.5, 0.6) is 0 Å². The average molecular weight is 285 g/mol. The molecule has 0 aliphatic carbocycles. The minimum Gasteiger partial charge on any atom is -0.290 e. The summed E-state index contributed by atoms with van der Waals surface area (Å²) in [5.74, 6) is 0. The molecule has 2 rings (SSSR count). The van der Waals surface area contributed by atoms with Crippen LogP contribution in [0.15, 0.2) is 22.2 Å². The maximum atomic E-state index is 12.9. The molecule has 0 saturated heterocycles. The second-order valence-electron chi connectivity index (χ2n) is 4.30. The third-order valence-corrected chi connectivity index (χ3v) is 3.27. The number of rotatable bonds is 3. The molecule has 0 atom stereocenters. The number of alkyl halides is 2. The summed E-state index contributed by atoms with van der Waals surface area (Å²) in [5.41, 5.74) is -0.811. The maximum absolute atomic E-state index is 12.9. The number of fused-ring (bicyclic) bond motifs is 1. The Morgan fingerprint density at radius 3 is 2.58 bits per heavy atom. The first-order chi connectivity index (χ1) is 8.95. The molecule has 2 heterocycles. The number of halogens is 2. The standard InChI is InChI=1S/C12H13F2N3OS/c1-6(2)17-10-7(5-15-12(16-10)19-3)4-8(9(13)14)11(17)18/h4-6,9H,1-3H3. The van der Waals surface area contributed by atoms with Crippen molar-refractivity contribution in [1.82, 2.24) is 14.5 Å². The summed E-state index contributed by atoms with van der Waals surface area (Å²) >= 11 is 1.33. The summed E-state index contributed by atoms with van der Waals surface area (Å²) in [7, 11) is 0. The molecule has 2 aromatic rings. The first-order valence-electron chi connectivity index (χ1n) is 5.70. The van der Waals surface area contributed by atoms with E-state index in [0.717, 1.165) is 0 Å². The van der Waals surface area contributed by atoms with Crippen LogP contribution in [0.3, 0.4) is 0 Å². The normalized spacial score (nSPS) is 11.7. The predicted molar refractivity (Wildman–Crippen MR) is 70.9 cm³/mol. The van der Waals surface area contributed by atoms with Crippen LogP contribution in [0.2, 0.25) is 0 Å². The molecular weight excluding hydrogens is 272 g/mol. The van der Waals surface area contributed by atoms with Gasteiger partial charge >= 0.3 is 0 Å². The highest BCUT2D eigenvalue weighted by atomic mass is 32.2. The van der Waals surface area contributed by atoms with E-state index in [1.165, 1.54) is 28.6 Å². The fourth-order valence-electron chi connectivity index (χ4n) is 1.86. The van der Waals surface area contributed by atoms with E-state index in [-0.39, 0.29) is 6.04 Å². The average Bonchev–Trinajstić information content (AvgIpc) is 2.36. The molecule has 0 radical (unpaired) electrons. The van der Waals surface area contributed by atoms with Crippen LogP contribution in [-0.4, -0.2) is 20.8 Å². The zero-order chi connectivity index (χ0) is 14.2. The molecule has 0 fully saturated rings. The van der Waals surface area contributed by atoms with Crippen molar-refractivity contribution in [3.63, 3.8) is 0 Å². The van der Waals surface area contributed by atoms with Crippen molar-refractivity contribution >= 4 is 22.8 Å². The molecular formula is C12H13F2N3OS. The Morgan fingerprint density at radius 1 is 1.37 bits per heavy atom. The Bertz CT molecular complexity index is 670. The third kappa shape index (κ3) is 2.47. The lowest BCUT2D eigenvalue weighted by atomic mass is 10.2. The van der Waals surface area contributed by atoms with E-state index in [1.54, 1.807) is 13.8 Å².